The summed E-state index contributed by atoms with van der Waals surface area (Å²) in [5.74, 6) is -0.786. The van der Waals surface area contributed by atoms with E-state index in [-0.39, 0.29) is 24.4 Å². The highest BCUT2D eigenvalue weighted by atomic mass is 16.5. The molecule has 0 spiro atoms. The van der Waals surface area contributed by atoms with Crippen LogP contribution >= 0.6 is 0 Å². The molecule has 1 aliphatic rings. The van der Waals surface area contributed by atoms with Crippen molar-refractivity contribution in [2.75, 3.05) is 6.61 Å². The van der Waals surface area contributed by atoms with Gasteiger partial charge in [-0.15, -0.1) is 0 Å². The van der Waals surface area contributed by atoms with Crippen LogP contribution in [0.2, 0.25) is 0 Å². The molecular weight excluding hydrogens is 206 g/mol. The van der Waals surface area contributed by atoms with Crippen LogP contribution < -0.4 is 0 Å². The van der Waals surface area contributed by atoms with Crippen LogP contribution in [0.25, 0.3) is 6.08 Å². The summed E-state index contributed by atoms with van der Waals surface area (Å²) in [6.07, 6.45) is 3.35. The van der Waals surface area contributed by atoms with Crippen molar-refractivity contribution in [2.45, 2.75) is 13.3 Å². The lowest BCUT2D eigenvalue weighted by atomic mass is 9.95. The number of esters is 1. The van der Waals surface area contributed by atoms with E-state index < -0.39 is 5.97 Å². The quantitative estimate of drug-likeness (QED) is 0.551. The van der Waals surface area contributed by atoms with Gasteiger partial charge < -0.3 is 4.74 Å². The van der Waals surface area contributed by atoms with Crippen LogP contribution in [0, 0.1) is 0 Å². The van der Waals surface area contributed by atoms with Crippen molar-refractivity contribution in [3.05, 3.63) is 35.2 Å². The lowest BCUT2D eigenvalue weighted by Crippen LogP contribution is -2.21. The maximum absolute atomic E-state index is 11.7. The molecule has 0 radical (unpaired) electrons. The van der Waals surface area contributed by atoms with Crippen molar-refractivity contribution in [1.29, 1.82) is 0 Å². The summed E-state index contributed by atoms with van der Waals surface area (Å²) in [5.41, 5.74) is 1.63. The Morgan fingerprint density at radius 2 is 2.38 bits per heavy atom. The fraction of sp³-hybridized carbons (Fsp3) is 0.250. The Labute approximate surface area is 92.9 Å². The second-order valence-corrected chi connectivity index (χ2v) is 3.42. The van der Waals surface area contributed by atoms with Gasteiger partial charge in [0.05, 0.1) is 18.7 Å². The van der Waals surface area contributed by atoms with Crippen LogP contribution in [0.5, 0.6) is 0 Å². The molecule has 1 aromatic rings. The van der Waals surface area contributed by atoms with Crippen molar-refractivity contribution < 1.29 is 14.3 Å². The van der Waals surface area contributed by atoms with E-state index in [0.717, 1.165) is 5.56 Å². The van der Waals surface area contributed by atoms with Crippen molar-refractivity contribution in [1.82, 2.24) is 4.98 Å². The summed E-state index contributed by atoms with van der Waals surface area (Å²) in [6, 6.07) is 3.60. The number of nitrogens with zero attached hydrogens (tertiary/aromatic N) is 1. The molecule has 0 atom stereocenters. The van der Waals surface area contributed by atoms with Gasteiger partial charge in [-0.25, -0.2) is 4.79 Å². The lowest BCUT2D eigenvalue weighted by molar-refractivity contribution is -0.139. The number of rotatable bonds is 2. The molecule has 4 heteroatoms. The van der Waals surface area contributed by atoms with Crippen LogP contribution in [-0.4, -0.2) is 23.3 Å². The first-order chi connectivity index (χ1) is 7.72. The molecule has 0 bridgehead atoms. The van der Waals surface area contributed by atoms with E-state index in [0.29, 0.717) is 5.69 Å². The molecule has 0 aromatic carbocycles. The van der Waals surface area contributed by atoms with Gasteiger partial charge >= 0.3 is 5.97 Å². The Morgan fingerprint density at radius 1 is 1.56 bits per heavy atom. The number of carbonyl (C=O) groups excluding carboxylic acids is 2. The number of hydrogen-bond acceptors (Lipinski definition) is 4. The van der Waals surface area contributed by atoms with Crippen LogP contribution in [0.15, 0.2) is 23.9 Å². The second-order valence-electron chi connectivity index (χ2n) is 3.42. The molecule has 0 fully saturated rings. The number of ketones is 1. The van der Waals surface area contributed by atoms with E-state index in [1.165, 1.54) is 0 Å². The Morgan fingerprint density at radius 3 is 3.12 bits per heavy atom. The maximum Gasteiger partial charge on any atom is 0.341 e. The highest BCUT2D eigenvalue weighted by Gasteiger charge is 2.25. The molecule has 1 aromatic heterocycles. The second kappa shape index (κ2) is 4.26. The fourth-order valence-electron chi connectivity index (χ4n) is 1.59. The Kier molecular flexibility index (Phi) is 2.81. The van der Waals surface area contributed by atoms with E-state index in [2.05, 4.69) is 4.98 Å². The van der Waals surface area contributed by atoms with Crippen LogP contribution in [-0.2, 0) is 20.7 Å². The molecule has 0 saturated carbocycles. The Bertz CT molecular complexity index is 477. The van der Waals surface area contributed by atoms with E-state index in [9.17, 15) is 9.59 Å². The predicted octanol–water partition coefficient (Wildman–Crippen LogP) is 1.15. The predicted molar refractivity (Wildman–Crippen MR) is 57.6 cm³/mol. The summed E-state index contributed by atoms with van der Waals surface area (Å²) in [6.45, 7) is 1.98. The number of pyridine rings is 1. The molecule has 82 valence electrons. The SMILES string of the molecule is CCOC(=O)C1=Cc2cccnc2CC1=O. The number of carbonyl (C=O) groups is 2. The minimum Gasteiger partial charge on any atom is -0.462 e. The van der Waals surface area contributed by atoms with Gasteiger partial charge in [-0.2, -0.15) is 0 Å². The summed E-state index contributed by atoms with van der Waals surface area (Å²) >= 11 is 0. The highest BCUT2D eigenvalue weighted by Crippen LogP contribution is 2.20. The van der Waals surface area contributed by atoms with Crippen molar-refractivity contribution in [2.24, 2.45) is 0 Å². The average Bonchev–Trinajstić information content (AvgIpc) is 2.28. The van der Waals surface area contributed by atoms with E-state index >= 15 is 0 Å². The minimum atomic E-state index is -0.554. The molecule has 0 amide bonds. The standard InChI is InChI=1S/C12H11NO3/c1-2-16-12(15)9-6-8-4-3-5-13-10(8)7-11(9)14/h3-6H,2,7H2,1H3. The van der Waals surface area contributed by atoms with Gasteiger partial charge in [0.15, 0.2) is 5.78 Å². The van der Waals surface area contributed by atoms with Gasteiger partial charge in [0, 0.05) is 6.20 Å². The molecule has 0 N–H and O–H groups in total. The third-order valence-electron chi connectivity index (χ3n) is 2.35. The topological polar surface area (TPSA) is 56.3 Å². The minimum absolute atomic E-state index is 0.113. The number of fused-ring (bicyclic) bond motifs is 1. The van der Waals surface area contributed by atoms with Crippen molar-refractivity contribution in [3.63, 3.8) is 0 Å². The van der Waals surface area contributed by atoms with E-state index in [1.54, 1.807) is 25.3 Å². The zero-order chi connectivity index (χ0) is 11.5. The Balaban J connectivity index is 2.37. The van der Waals surface area contributed by atoms with E-state index in [1.807, 2.05) is 6.07 Å². The third kappa shape index (κ3) is 1.86. The number of Topliss-reactive ketones (excluding diaryl/α,β-unsaturated/α-hetero) is 1. The lowest BCUT2D eigenvalue weighted by Gasteiger charge is -2.13. The zero-order valence-electron chi connectivity index (χ0n) is 8.90. The molecule has 0 aliphatic heterocycles. The number of aromatic nitrogens is 1. The van der Waals surface area contributed by atoms with Crippen molar-refractivity contribution >= 4 is 17.8 Å². The first-order valence-electron chi connectivity index (χ1n) is 5.08. The summed E-state index contributed by atoms with van der Waals surface area (Å²) in [7, 11) is 0. The van der Waals surface area contributed by atoms with Gasteiger partial charge in [-0.3, -0.25) is 9.78 Å². The monoisotopic (exact) mass is 217 g/mol. The molecule has 2 rings (SSSR count). The molecule has 0 saturated heterocycles. The number of hydrogen-bond donors (Lipinski definition) is 0. The maximum atomic E-state index is 11.7. The van der Waals surface area contributed by atoms with Crippen LogP contribution in [0.3, 0.4) is 0 Å². The molecular formula is C12H11NO3. The molecule has 0 unspecified atom stereocenters. The van der Waals surface area contributed by atoms with Gasteiger partial charge in [0.2, 0.25) is 0 Å². The highest BCUT2D eigenvalue weighted by molar-refractivity contribution is 6.22. The first-order valence-corrected chi connectivity index (χ1v) is 5.08. The van der Waals surface area contributed by atoms with Gasteiger partial charge in [-0.1, -0.05) is 6.07 Å². The first kappa shape index (κ1) is 10.5. The summed E-state index contributed by atoms with van der Waals surface area (Å²) in [4.78, 5) is 27.2. The fourth-order valence-corrected chi connectivity index (χ4v) is 1.59. The van der Waals surface area contributed by atoms with Crippen LogP contribution in [0.4, 0.5) is 0 Å². The largest absolute Gasteiger partial charge is 0.462 e. The van der Waals surface area contributed by atoms with Crippen LogP contribution in [0.1, 0.15) is 18.2 Å². The average molecular weight is 217 g/mol. The molecule has 1 heterocycles. The molecule has 4 nitrogen and oxygen atoms in total. The van der Waals surface area contributed by atoms with Gasteiger partial charge in [-0.05, 0) is 24.6 Å². The van der Waals surface area contributed by atoms with Crippen molar-refractivity contribution in [3.8, 4) is 0 Å². The summed E-state index contributed by atoms with van der Waals surface area (Å²) in [5, 5.41) is 0. The van der Waals surface area contributed by atoms with Gasteiger partial charge in [0.25, 0.3) is 0 Å². The molecule has 16 heavy (non-hydrogen) atoms. The number of ether oxygens (including phenoxy) is 1. The van der Waals surface area contributed by atoms with Gasteiger partial charge in [0.1, 0.15) is 5.57 Å². The molecule has 1 aliphatic carbocycles. The smallest absolute Gasteiger partial charge is 0.341 e. The Hall–Kier alpha value is -1.97. The third-order valence-corrected chi connectivity index (χ3v) is 2.35. The zero-order valence-corrected chi connectivity index (χ0v) is 8.90. The normalized spacial score (nSPS) is 14.1. The summed E-state index contributed by atoms with van der Waals surface area (Å²) < 4.78 is 4.82. The van der Waals surface area contributed by atoms with E-state index in [4.69, 9.17) is 4.74 Å².